The summed E-state index contributed by atoms with van der Waals surface area (Å²) in [4.78, 5) is 19.5. The molecule has 0 bridgehead atoms. The summed E-state index contributed by atoms with van der Waals surface area (Å²) in [5.74, 6) is -0.780. The van der Waals surface area contributed by atoms with E-state index in [1.807, 2.05) is 0 Å². The quantitative estimate of drug-likeness (QED) is 0.745. The van der Waals surface area contributed by atoms with Gasteiger partial charge in [-0.1, -0.05) is 0 Å². The number of alkyl halides is 3. The van der Waals surface area contributed by atoms with E-state index in [4.69, 9.17) is 0 Å². The predicted octanol–water partition coefficient (Wildman–Crippen LogP) is 2.00. The van der Waals surface area contributed by atoms with Gasteiger partial charge in [-0.2, -0.15) is 13.2 Å². The van der Waals surface area contributed by atoms with E-state index in [2.05, 4.69) is 9.97 Å². The van der Waals surface area contributed by atoms with E-state index >= 15 is 0 Å². The smallest absolute Gasteiger partial charge is 0.433 e. The molecule has 2 aromatic rings. The van der Waals surface area contributed by atoms with Crippen molar-refractivity contribution in [2.24, 2.45) is 0 Å². The highest BCUT2D eigenvalue weighted by Gasteiger charge is 2.38. The second-order valence-electron chi connectivity index (χ2n) is 5.26. The van der Waals surface area contributed by atoms with E-state index in [1.54, 1.807) is 0 Å². The van der Waals surface area contributed by atoms with Gasteiger partial charge in [-0.3, -0.25) is 0 Å². The molecule has 1 aliphatic rings. The van der Waals surface area contributed by atoms with Gasteiger partial charge in [0.05, 0.1) is 12.2 Å². The van der Waals surface area contributed by atoms with Crippen LogP contribution in [-0.4, -0.2) is 27.5 Å². The zero-order valence-corrected chi connectivity index (χ0v) is 12.1. The molecule has 1 aromatic heterocycles. The molecule has 5 nitrogen and oxygen atoms in total. The van der Waals surface area contributed by atoms with Crippen molar-refractivity contribution in [1.29, 1.82) is 0 Å². The number of benzene rings is 1. The highest BCUT2D eigenvalue weighted by Crippen LogP contribution is 2.35. The Morgan fingerprint density at radius 1 is 1.17 bits per heavy atom. The van der Waals surface area contributed by atoms with Crippen LogP contribution in [0, 0.1) is 5.82 Å². The molecule has 0 unspecified atom stereocenters. The van der Waals surface area contributed by atoms with Gasteiger partial charge in [0, 0.05) is 17.7 Å². The lowest BCUT2D eigenvalue weighted by atomic mass is 10.0. The molecule has 0 aliphatic carbocycles. The summed E-state index contributed by atoms with van der Waals surface area (Å²) in [5, 5.41) is 10.9. The number of carboxylic acid groups (broad SMARTS) is 1. The molecule has 0 saturated heterocycles. The summed E-state index contributed by atoms with van der Waals surface area (Å²) in [7, 11) is 0. The third kappa shape index (κ3) is 3.01. The lowest BCUT2D eigenvalue weighted by molar-refractivity contribution is -0.266. The Balaban J connectivity index is 2.13. The molecule has 0 fully saturated rings. The van der Waals surface area contributed by atoms with Crippen molar-refractivity contribution < 1.29 is 27.5 Å². The number of carbonyl (C=O) groups excluding carboxylic acids is 1. The molecule has 9 heteroatoms. The van der Waals surface area contributed by atoms with Crippen LogP contribution in [0.15, 0.2) is 24.3 Å². The van der Waals surface area contributed by atoms with Crippen LogP contribution in [0.2, 0.25) is 0 Å². The van der Waals surface area contributed by atoms with Gasteiger partial charge in [-0.05, 0) is 30.7 Å². The van der Waals surface area contributed by atoms with Crippen LogP contribution in [0.25, 0.3) is 11.4 Å². The van der Waals surface area contributed by atoms with Crippen molar-refractivity contribution >= 4 is 6.09 Å². The fourth-order valence-electron chi connectivity index (χ4n) is 2.55. The van der Waals surface area contributed by atoms with Crippen LogP contribution in [0.4, 0.5) is 22.4 Å². The van der Waals surface area contributed by atoms with Gasteiger partial charge < -0.3 is 14.8 Å². The van der Waals surface area contributed by atoms with Crippen molar-refractivity contribution in [2.75, 3.05) is 6.54 Å². The number of halogens is 4. The van der Waals surface area contributed by atoms with E-state index in [-0.39, 0.29) is 42.2 Å². The third-order valence-electron chi connectivity index (χ3n) is 3.69. The maximum atomic E-state index is 13.3. The molecule has 0 atom stereocenters. The highest BCUT2D eigenvalue weighted by molar-refractivity contribution is 5.63. The Bertz CT molecular complexity index is 791. The molecule has 1 aliphatic heterocycles. The van der Waals surface area contributed by atoms with Gasteiger partial charge in [-0.25, -0.2) is 14.4 Å². The molecule has 0 N–H and O–H groups in total. The second-order valence-corrected chi connectivity index (χ2v) is 5.26. The molecule has 24 heavy (non-hydrogen) atoms. The summed E-state index contributed by atoms with van der Waals surface area (Å²) in [5.41, 5.74) is -1.03. The van der Waals surface area contributed by atoms with Crippen LogP contribution in [0.5, 0.6) is 0 Å². The number of nitrogens with zero attached hydrogens (tertiary/aromatic N) is 3. The predicted molar refractivity (Wildman–Crippen MR) is 71.9 cm³/mol. The van der Waals surface area contributed by atoms with E-state index in [0.717, 1.165) is 17.0 Å². The normalized spacial score (nSPS) is 14.4. The molecule has 0 spiro atoms. The van der Waals surface area contributed by atoms with Crippen molar-refractivity contribution in [1.82, 2.24) is 14.9 Å². The number of carbonyl (C=O) groups is 1. The maximum Gasteiger partial charge on any atom is 0.433 e. The fourth-order valence-corrected chi connectivity index (χ4v) is 2.55. The zero-order valence-electron chi connectivity index (χ0n) is 12.1. The Morgan fingerprint density at radius 3 is 2.42 bits per heavy atom. The number of amides is 1. The Kier molecular flexibility index (Phi) is 3.86. The molecule has 2 heterocycles. The van der Waals surface area contributed by atoms with Crippen LogP contribution in [0.1, 0.15) is 17.0 Å². The van der Waals surface area contributed by atoms with Gasteiger partial charge in [0.2, 0.25) is 0 Å². The maximum absolute atomic E-state index is 13.3. The number of aromatic nitrogens is 2. The van der Waals surface area contributed by atoms with E-state index in [9.17, 15) is 27.5 Å². The average Bonchev–Trinajstić information content (AvgIpc) is 2.53. The summed E-state index contributed by atoms with van der Waals surface area (Å²) in [6.07, 6.45) is -6.33. The Labute approximate surface area is 133 Å². The molecule has 1 amide bonds. The summed E-state index contributed by atoms with van der Waals surface area (Å²) in [6.45, 7) is -0.421. The van der Waals surface area contributed by atoms with Gasteiger partial charge in [0.1, 0.15) is 11.9 Å². The topological polar surface area (TPSA) is 69.2 Å². The fraction of sp³-hybridized carbons (Fsp3) is 0.267. The van der Waals surface area contributed by atoms with E-state index in [0.29, 0.717) is 0 Å². The Morgan fingerprint density at radius 2 is 1.83 bits per heavy atom. The third-order valence-corrected chi connectivity index (χ3v) is 3.69. The van der Waals surface area contributed by atoms with Gasteiger partial charge in [0.25, 0.3) is 0 Å². The highest BCUT2D eigenvalue weighted by atomic mass is 19.4. The minimum absolute atomic E-state index is 0.0212. The molecular formula is C15H10F4N3O2-. The van der Waals surface area contributed by atoms with Crippen molar-refractivity contribution in [3.63, 3.8) is 0 Å². The van der Waals surface area contributed by atoms with Gasteiger partial charge in [0.15, 0.2) is 11.5 Å². The van der Waals surface area contributed by atoms with Crippen molar-refractivity contribution in [3.05, 3.63) is 47.0 Å². The molecule has 3 rings (SSSR count). The number of hydrogen-bond acceptors (Lipinski definition) is 4. The van der Waals surface area contributed by atoms with Gasteiger partial charge in [-0.15, -0.1) is 0 Å². The first-order chi connectivity index (χ1) is 11.3. The summed E-state index contributed by atoms with van der Waals surface area (Å²) >= 11 is 0. The van der Waals surface area contributed by atoms with E-state index in [1.165, 1.54) is 12.1 Å². The number of rotatable bonds is 1. The molecular weight excluding hydrogens is 330 g/mol. The average molecular weight is 340 g/mol. The van der Waals surface area contributed by atoms with Crippen molar-refractivity contribution in [2.45, 2.75) is 19.1 Å². The minimum atomic E-state index is -4.70. The molecule has 126 valence electrons. The lowest BCUT2D eigenvalue weighted by Crippen LogP contribution is -2.44. The minimum Gasteiger partial charge on any atom is -0.530 e. The van der Waals surface area contributed by atoms with Crippen LogP contribution < -0.4 is 5.11 Å². The Hall–Kier alpha value is -2.71. The standard InChI is InChI=1S/C15H11F4N3O2/c16-9-3-1-8(2-4-9)13-20-11-7-22(14(23)24)6-5-10(11)12(21-13)15(17,18)19/h1-4H,5-7H2,(H,23,24)/p-1. The summed E-state index contributed by atoms with van der Waals surface area (Å²) in [6, 6.07) is 4.69. The monoisotopic (exact) mass is 340 g/mol. The molecule has 0 saturated carbocycles. The lowest BCUT2D eigenvalue weighted by Gasteiger charge is -2.31. The largest absolute Gasteiger partial charge is 0.530 e. The first-order valence-corrected chi connectivity index (χ1v) is 6.94. The first-order valence-electron chi connectivity index (χ1n) is 6.94. The van der Waals surface area contributed by atoms with Crippen LogP contribution >= 0.6 is 0 Å². The van der Waals surface area contributed by atoms with Crippen LogP contribution in [0.3, 0.4) is 0 Å². The van der Waals surface area contributed by atoms with Gasteiger partial charge >= 0.3 is 6.18 Å². The summed E-state index contributed by atoms with van der Waals surface area (Å²) < 4.78 is 52.9. The number of fused-ring (bicyclic) bond motifs is 1. The number of hydrogen-bond donors (Lipinski definition) is 0. The SMILES string of the molecule is O=C([O-])N1CCc2c(nc(-c3ccc(F)cc3)nc2C(F)(F)F)C1. The van der Waals surface area contributed by atoms with Crippen molar-refractivity contribution in [3.8, 4) is 11.4 Å². The van der Waals surface area contributed by atoms with E-state index < -0.39 is 23.8 Å². The zero-order chi connectivity index (χ0) is 17.5. The second kappa shape index (κ2) is 5.73. The van der Waals surface area contributed by atoms with Crippen LogP contribution in [-0.2, 0) is 19.1 Å². The molecule has 1 aromatic carbocycles. The first kappa shape index (κ1) is 16.2. The molecule has 0 radical (unpaired) electrons.